The summed E-state index contributed by atoms with van der Waals surface area (Å²) in [6.45, 7) is 4.38. The average molecular weight is 236 g/mol. The van der Waals surface area contributed by atoms with E-state index in [4.69, 9.17) is 5.73 Å². The zero-order valence-electron chi connectivity index (χ0n) is 10.4. The van der Waals surface area contributed by atoms with Crippen molar-refractivity contribution in [3.8, 4) is 0 Å². The molecule has 94 valence electrons. The fraction of sp³-hybridized carbons (Fsp3) is 0.571. The molecule has 0 bridgehead atoms. The number of halogens is 1. The zero-order valence-corrected chi connectivity index (χ0v) is 10.4. The van der Waals surface area contributed by atoms with Crippen LogP contribution in [0.5, 0.6) is 0 Å². The maximum Gasteiger partial charge on any atom is 0.127 e. The fourth-order valence-corrected chi connectivity index (χ4v) is 2.56. The highest BCUT2D eigenvalue weighted by atomic mass is 19.1. The number of nitrogens with two attached hydrogens (primary N) is 1. The topological polar surface area (TPSA) is 29.3 Å². The summed E-state index contributed by atoms with van der Waals surface area (Å²) in [6, 6.07) is 7.28. The molecule has 2 nitrogen and oxygen atoms in total. The van der Waals surface area contributed by atoms with E-state index in [9.17, 15) is 4.39 Å². The average Bonchev–Trinajstić information content (AvgIpc) is 2.72. The van der Waals surface area contributed by atoms with Crippen LogP contribution in [-0.2, 0) is 0 Å². The molecule has 0 aliphatic carbocycles. The van der Waals surface area contributed by atoms with Gasteiger partial charge >= 0.3 is 0 Å². The van der Waals surface area contributed by atoms with E-state index in [-0.39, 0.29) is 11.9 Å². The van der Waals surface area contributed by atoms with Gasteiger partial charge in [-0.25, -0.2) is 4.39 Å². The van der Waals surface area contributed by atoms with Crippen molar-refractivity contribution in [2.45, 2.75) is 38.3 Å². The third-order valence-electron chi connectivity index (χ3n) is 3.72. The molecule has 0 radical (unpaired) electrons. The molecule has 1 aliphatic rings. The van der Waals surface area contributed by atoms with Gasteiger partial charge in [0.05, 0.1) is 0 Å². The molecular weight excluding hydrogens is 215 g/mol. The number of likely N-dealkylation sites (tertiary alicyclic amines) is 1. The first kappa shape index (κ1) is 12.5. The Morgan fingerprint density at radius 1 is 1.47 bits per heavy atom. The van der Waals surface area contributed by atoms with E-state index in [0.717, 1.165) is 19.5 Å². The number of hydrogen-bond donors (Lipinski definition) is 1. The molecule has 0 spiro atoms. The van der Waals surface area contributed by atoms with Crippen molar-refractivity contribution in [3.63, 3.8) is 0 Å². The van der Waals surface area contributed by atoms with Crippen molar-refractivity contribution in [1.82, 2.24) is 4.90 Å². The van der Waals surface area contributed by atoms with E-state index in [1.807, 2.05) is 6.07 Å². The first-order chi connectivity index (χ1) is 8.18. The maximum atomic E-state index is 13.5. The number of hydrogen-bond acceptors (Lipinski definition) is 2. The molecule has 1 fully saturated rings. The molecule has 17 heavy (non-hydrogen) atoms. The van der Waals surface area contributed by atoms with E-state index < -0.39 is 0 Å². The van der Waals surface area contributed by atoms with Crippen LogP contribution in [0.25, 0.3) is 0 Å². The predicted molar refractivity (Wildman–Crippen MR) is 68.2 cm³/mol. The Morgan fingerprint density at radius 3 is 2.88 bits per heavy atom. The van der Waals surface area contributed by atoms with Crippen molar-refractivity contribution in [1.29, 1.82) is 0 Å². The number of rotatable bonds is 4. The van der Waals surface area contributed by atoms with Crippen LogP contribution < -0.4 is 5.73 Å². The van der Waals surface area contributed by atoms with Gasteiger partial charge in [-0.2, -0.15) is 0 Å². The summed E-state index contributed by atoms with van der Waals surface area (Å²) in [5, 5.41) is 0. The molecule has 1 saturated heterocycles. The molecule has 1 aromatic rings. The van der Waals surface area contributed by atoms with Gasteiger partial charge in [0.25, 0.3) is 0 Å². The Hall–Kier alpha value is -0.930. The largest absolute Gasteiger partial charge is 0.324 e. The molecule has 0 aromatic heterocycles. The normalized spacial score (nSPS) is 22.9. The van der Waals surface area contributed by atoms with Crippen molar-refractivity contribution in [3.05, 3.63) is 35.6 Å². The molecule has 2 atom stereocenters. The second kappa shape index (κ2) is 5.61. The summed E-state index contributed by atoms with van der Waals surface area (Å²) in [4.78, 5) is 2.45. The Morgan fingerprint density at radius 2 is 2.24 bits per heavy atom. The highest BCUT2D eigenvalue weighted by Gasteiger charge is 2.21. The van der Waals surface area contributed by atoms with E-state index >= 15 is 0 Å². The zero-order chi connectivity index (χ0) is 12.3. The van der Waals surface area contributed by atoms with Crippen molar-refractivity contribution in [2.75, 3.05) is 13.1 Å². The minimum absolute atomic E-state index is 0.186. The summed E-state index contributed by atoms with van der Waals surface area (Å²) in [5.74, 6) is -0.186. The van der Waals surface area contributed by atoms with E-state index in [2.05, 4.69) is 11.8 Å². The molecular formula is C14H21FN2. The molecule has 2 rings (SSSR count). The van der Waals surface area contributed by atoms with E-state index in [1.165, 1.54) is 18.9 Å². The molecule has 1 aliphatic heterocycles. The number of nitrogens with zero attached hydrogens (tertiary/aromatic N) is 1. The standard InChI is InChI=1S/C14H21FN2/c1-11-5-4-9-17(11)10-8-14(16)12-6-2-3-7-13(12)15/h2-3,6-7,11,14H,4-5,8-10,16H2,1H3. The summed E-state index contributed by atoms with van der Waals surface area (Å²) in [6.07, 6.45) is 3.37. The molecule has 2 N–H and O–H groups in total. The summed E-state index contributed by atoms with van der Waals surface area (Å²) < 4.78 is 13.5. The summed E-state index contributed by atoms with van der Waals surface area (Å²) in [7, 11) is 0. The van der Waals surface area contributed by atoms with Crippen LogP contribution in [0.2, 0.25) is 0 Å². The maximum absolute atomic E-state index is 13.5. The fourth-order valence-electron chi connectivity index (χ4n) is 2.56. The van der Waals surface area contributed by atoms with Crippen molar-refractivity contribution < 1.29 is 4.39 Å². The second-order valence-corrected chi connectivity index (χ2v) is 4.94. The third kappa shape index (κ3) is 3.05. The van der Waals surface area contributed by atoms with Gasteiger partial charge in [-0.05, 0) is 38.8 Å². The van der Waals surface area contributed by atoms with Crippen LogP contribution in [0, 0.1) is 5.82 Å². The second-order valence-electron chi connectivity index (χ2n) is 4.94. The van der Waals surface area contributed by atoms with Gasteiger partial charge in [-0.1, -0.05) is 18.2 Å². The smallest absolute Gasteiger partial charge is 0.127 e. The lowest BCUT2D eigenvalue weighted by atomic mass is 10.0. The van der Waals surface area contributed by atoms with Gasteiger partial charge in [0.1, 0.15) is 5.82 Å². The van der Waals surface area contributed by atoms with Crippen LogP contribution in [0.1, 0.15) is 37.8 Å². The van der Waals surface area contributed by atoms with Crippen LogP contribution in [0.4, 0.5) is 4.39 Å². The van der Waals surface area contributed by atoms with Crippen molar-refractivity contribution in [2.24, 2.45) is 5.73 Å². The van der Waals surface area contributed by atoms with Crippen LogP contribution in [0.15, 0.2) is 24.3 Å². The number of benzene rings is 1. The lowest BCUT2D eigenvalue weighted by Crippen LogP contribution is -2.30. The minimum Gasteiger partial charge on any atom is -0.324 e. The molecule has 1 aromatic carbocycles. The first-order valence-corrected chi connectivity index (χ1v) is 6.42. The highest BCUT2D eigenvalue weighted by molar-refractivity contribution is 5.20. The van der Waals surface area contributed by atoms with Crippen LogP contribution >= 0.6 is 0 Å². The van der Waals surface area contributed by atoms with Gasteiger partial charge in [0, 0.05) is 24.2 Å². The molecule has 1 heterocycles. The Balaban J connectivity index is 1.89. The lowest BCUT2D eigenvalue weighted by molar-refractivity contribution is 0.257. The van der Waals surface area contributed by atoms with Crippen LogP contribution in [-0.4, -0.2) is 24.0 Å². The van der Waals surface area contributed by atoms with Crippen molar-refractivity contribution >= 4 is 0 Å². The monoisotopic (exact) mass is 236 g/mol. The van der Waals surface area contributed by atoms with Gasteiger partial charge in [-0.3, -0.25) is 0 Å². The SMILES string of the molecule is CC1CCCN1CCC(N)c1ccccc1F. The highest BCUT2D eigenvalue weighted by Crippen LogP contribution is 2.21. The van der Waals surface area contributed by atoms with Gasteiger partial charge in [0.2, 0.25) is 0 Å². The molecule has 2 unspecified atom stereocenters. The van der Waals surface area contributed by atoms with Gasteiger partial charge in [-0.15, -0.1) is 0 Å². The Kier molecular flexibility index (Phi) is 4.13. The summed E-state index contributed by atoms with van der Waals surface area (Å²) in [5.41, 5.74) is 6.69. The Bertz CT molecular complexity index is 367. The predicted octanol–water partition coefficient (Wildman–Crippen LogP) is 2.70. The van der Waals surface area contributed by atoms with Gasteiger partial charge in [0.15, 0.2) is 0 Å². The van der Waals surface area contributed by atoms with E-state index in [0.29, 0.717) is 11.6 Å². The minimum atomic E-state index is -0.191. The quantitative estimate of drug-likeness (QED) is 0.871. The Labute approximate surface area is 103 Å². The van der Waals surface area contributed by atoms with E-state index in [1.54, 1.807) is 12.1 Å². The molecule has 0 amide bonds. The third-order valence-corrected chi connectivity index (χ3v) is 3.72. The lowest BCUT2D eigenvalue weighted by Gasteiger charge is -2.23. The molecule has 3 heteroatoms. The van der Waals surface area contributed by atoms with Gasteiger partial charge < -0.3 is 10.6 Å². The van der Waals surface area contributed by atoms with Crippen LogP contribution in [0.3, 0.4) is 0 Å². The first-order valence-electron chi connectivity index (χ1n) is 6.42. The summed E-state index contributed by atoms with van der Waals surface area (Å²) >= 11 is 0. The molecule has 0 saturated carbocycles.